The van der Waals surface area contributed by atoms with Crippen molar-refractivity contribution in [1.29, 1.82) is 0 Å². The molecular formula is C27H18Cl3FN2O5. The van der Waals surface area contributed by atoms with Gasteiger partial charge in [0.1, 0.15) is 11.5 Å². The highest BCUT2D eigenvalue weighted by Gasteiger charge is 2.24. The van der Waals surface area contributed by atoms with E-state index >= 15 is 0 Å². The van der Waals surface area contributed by atoms with E-state index in [1.54, 1.807) is 30.3 Å². The third-order valence-electron chi connectivity index (χ3n) is 5.63. The number of alkyl halides is 2. The highest BCUT2D eigenvalue weighted by atomic mass is 35.5. The third-order valence-corrected chi connectivity index (χ3v) is 6.32. The Morgan fingerprint density at radius 2 is 1.71 bits per heavy atom. The van der Waals surface area contributed by atoms with Gasteiger partial charge < -0.3 is 14.5 Å². The average Bonchev–Trinajstić information content (AvgIpc) is 3.39. The molecule has 1 N–H and O–H groups in total. The number of aromatic nitrogens is 1. The second-order valence-electron chi connectivity index (χ2n) is 8.06. The maximum Gasteiger partial charge on any atom is 0.336 e. The van der Waals surface area contributed by atoms with Gasteiger partial charge in [-0.2, -0.15) is 0 Å². The minimum absolute atomic E-state index is 0.0380. The van der Waals surface area contributed by atoms with Crippen molar-refractivity contribution in [3.8, 4) is 22.6 Å². The first kappa shape index (κ1) is 27.3. The lowest BCUT2D eigenvalue weighted by molar-refractivity contribution is -0.117. The molecule has 0 atom stereocenters. The normalized spacial score (nSPS) is 11.0. The molecule has 0 fully saturated rings. The topological polar surface area (TPSA) is 101 Å². The van der Waals surface area contributed by atoms with Crippen LogP contribution < -0.4 is 4.90 Å². The van der Waals surface area contributed by atoms with Gasteiger partial charge in [-0.1, -0.05) is 58.2 Å². The number of hydrogen-bond acceptors (Lipinski definition) is 5. The number of amides is 1. The number of nitrogens with zero attached hydrogens (tertiary/aromatic N) is 2. The van der Waals surface area contributed by atoms with E-state index in [9.17, 15) is 23.9 Å². The second kappa shape index (κ2) is 11.8. The summed E-state index contributed by atoms with van der Waals surface area (Å²) >= 11 is 18.0. The molecule has 0 radical (unpaired) electrons. The molecule has 7 nitrogen and oxygen atoms in total. The minimum atomic E-state index is -1.38. The van der Waals surface area contributed by atoms with Crippen molar-refractivity contribution in [1.82, 2.24) is 5.16 Å². The second-order valence-corrected chi connectivity index (χ2v) is 9.57. The Labute approximate surface area is 231 Å². The third kappa shape index (κ3) is 6.05. The molecule has 1 heterocycles. The van der Waals surface area contributed by atoms with E-state index < -0.39 is 22.5 Å². The number of rotatable bonds is 9. The lowest BCUT2D eigenvalue weighted by Crippen LogP contribution is -2.36. The predicted octanol–water partition coefficient (Wildman–Crippen LogP) is 6.91. The molecule has 0 spiro atoms. The smallest absolute Gasteiger partial charge is 0.336 e. The van der Waals surface area contributed by atoms with Crippen LogP contribution in [-0.2, 0) is 4.79 Å². The summed E-state index contributed by atoms with van der Waals surface area (Å²) in [7, 11) is 0. The van der Waals surface area contributed by atoms with E-state index in [0.29, 0.717) is 16.8 Å². The first-order chi connectivity index (χ1) is 18.2. The number of carbonyl (C=O) groups excluding carboxylic acids is 2. The van der Waals surface area contributed by atoms with Crippen molar-refractivity contribution >= 4 is 58.1 Å². The van der Waals surface area contributed by atoms with Crippen LogP contribution in [-0.4, -0.2) is 39.3 Å². The molecule has 4 aromatic rings. The summed E-state index contributed by atoms with van der Waals surface area (Å²) in [5.74, 6) is -2.30. The molecule has 194 valence electrons. The maximum absolute atomic E-state index is 13.2. The fourth-order valence-corrected chi connectivity index (χ4v) is 4.30. The number of aromatic carboxylic acids is 1. The van der Waals surface area contributed by atoms with Gasteiger partial charge in [0.05, 0.1) is 10.6 Å². The molecular weight excluding hydrogens is 558 g/mol. The summed E-state index contributed by atoms with van der Waals surface area (Å²) in [6.07, 6.45) is -0.0704. The van der Waals surface area contributed by atoms with Gasteiger partial charge in [0.2, 0.25) is 0 Å². The van der Waals surface area contributed by atoms with E-state index in [4.69, 9.17) is 39.3 Å². The number of benzene rings is 3. The average molecular weight is 576 g/mol. The number of carbonyl (C=O) groups is 3. The van der Waals surface area contributed by atoms with Crippen LogP contribution in [0, 0.1) is 5.82 Å². The van der Waals surface area contributed by atoms with Crippen molar-refractivity contribution in [3.63, 3.8) is 0 Å². The highest BCUT2D eigenvalue weighted by molar-refractivity contribution is 6.54. The standard InChI is InChI=1S/C27H18Cl3FN2O5/c28-20-6-2-5-19(27(36)37)24(20)21-14-23(38-32-21)16-3-1-4-18(13-16)33(26(35)25(29)30)12-11-22(34)15-7-9-17(31)10-8-15/h1-10,13-14,25H,11-12H2,(H,36,37). The largest absolute Gasteiger partial charge is 0.478 e. The summed E-state index contributed by atoms with van der Waals surface area (Å²) < 4.78 is 18.7. The molecule has 0 aliphatic rings. The number of ketones is 1. The van der Waals surface area contributed by atoms with Crippen LogP contribution in [0.3, 0.4) is 0 Å². The molecule has 11 heteroatoms. The molecule has 0 unspecified atom stereocenters. The molecule has 0 bridgehead atoms. The van der Waals surface area contributed by atoms with Crippen LogP contribution in [0.1, 0.15) is 27.1 Å². The van der Waals surface area contributed by atoms with Crippen LogP contribution in [0.2, 0.25) is 5.02 Å². The monoisotopic (exact) mass is 574 g/mol. The van der Waals surface area contributed by atoms with Gasteiger partial charge in [-0.25, -0.2) is 9.18 Å². The van der Waals surface area contributed by atoms with E-state index in [1.165, 1.54) is 47.4 Å². The van der Waals surface area contributed by atoms with Crippen molar-refractivity contribution in [2.24, 2.45) is 0 Å². The zero-order chi connectivity index (χ0) is 27.4. The number of carboxylic acids is 1. The molecule has 1 aromatic heterocycles. The van der Waals surface area contributed by atoms with Crippen molar-refractivity contribution in [2.75, 3.05) is 11.4 Å². The zero-order valence-electron chi connectivity index (χ0n) is 19.4. The number of halogens is 4. The van der Waals surface area contributed by atoms with Crippen LogP contribution in [0.4, 0.5) is 10.1 Å². The first-order valence-electron chi connectivity index (χ1n) is 11.1. The Kier molecular flexibility index (Phi) is 8.46. The van der Waals surface area contributed by atoms with Gasteiger partial charge in [0, 0.05) is 41.4 Å². The molecule has 0 aliphatic heterocycles. The Bertz CT molecular complexity index is 1500. The molecule has 38 heavy (non-hydrogen) atoms. The van der Waals surface area contributed by atoms with Crippen molar-refractivity contribution in [2.45, 2.75) is 11.3 Å². The number of carboxylic acid groups (broad SMARTS) is 1. The molecule has 0 saturated carbocycles. The molecule has 0 saturated heterocycles. The number of Topliss-reactive ketones (excluding diaryl/α,β-unsaturated/α-hetero) is 1. The Balaban J connectivity index is 1.62. The molecule has 0 aliphatic carbocycles. The number of anilines is 1. The first-order valence-corrected chi connectivity index (χ1v) is 12.4. The summed E-state index contributed by atoms with van der Waals surface area (Å²) in [5.41, 5.74) is 1.57. The molecule has 4 rings (SSSR count). The quantitative estimate of drug-likeness (QED) is 0.172. The van der Waals surface area contributed by atoms with E-state index in [0.717, 1.165) is 0 Å². The predicted molar refractivity (Wildman–Crippen MR) is 143 cm³/mol. The Hall–Kier alpha value is -3.72. The van der Waals surface area contributed by atoms with Crippen LogP contribution in [0.5, 0.6) is 0 Å². The highest BCUT2D eigenvalue weighted by Crippen LogP contribution is 2.34. The summed E-state index contributed by atoms with van der Waals surface area (Å²) in [5, 5.41) is 13.7. The van der Waals surface area contributed by atoms with Gasteiger partial charge in [-0.15, -0.1) is 0 Å². The van der Waals surface area contributed by atoms with Gasteiger partial charge in [0.15, 0.2) is 16.4 Å². The zero-order valence-corrected chi connectivity index (χ0v) is 21.7. The van der Waals surface area contributed by atoms with Gasteiger partial charge in [-0.3, -0.25) is 9.59 Å². The number of hydrogen-bond donors (Lipinski definition) is 1. The minimum Gasteiger partial charge on any atom is -0.478 e. The molecule has 1 amide bonds. The SMILES string of the molecule is O=C(CCN(C(=O)C(Cl)Cl)c1cccc(-c2cc(-c3c(Cl)cccc3C(=O)O)no2)c1)c1ccc(F)cc1. The summed E-state index contributed by atoms with van der Waals surface area (Å²) in [6, 6.07) is 17.7. The Morgan fingerprint density at radius 1 is 1.00 bits per heavy atom. The fraction of sp³-hybridized carbons (Fsp3) is 0.111. The van der Waals surface area contributed by atoms with Gasteiger partial charge in [-0.05, 0) is 48.5 Å². The molecule has 3 aromatic carbocycles. The van der Waals surface area contributed by atoms with Gasteiger partial charge >= 0.3 is 5.97 Å². The van der Waals surface area contributed by atoms with Gasteiger partial charge in [0.25, 0.3) is 5.91 Å². The van der Waals surface area contributed by atoms with Crippen molar-refractivity contribution in [3.05, 3.63) is 94.8 Å². The lowest BCUT2D eigenvalue weighted by atomic mass is 10.0. The fourth-order valence-electron chi connectivity index (χ4n) is 3.80. The summed E-state index contributed by atoms with van der Waals surface area (Å²) in [4.78, 5) is 37.0. The van der Waals surface area contributed by atoms with E-state index in [1.807, 2.05) is 0 Å². The lowest BCUT2D eigenvalue weighted by Gasteiger charge is -2.23. The van der Waals surface area contributed by atoms with E-state index in [2.05, 4.69) is 5.16 Å². The Morgan fingerprint density at radius 3 is 2.39 bits per heavy atom. The maximum atomic E-state index is 13.2. The summed E-state index contributed by atoms with van der Waals surface area (Å²) in [6.45, 7) is -0.0440. The van der Waals surface area contributed by atoms with Crippen molar-refractivity contribution < 1.29 is 28.4 Å². The van der Waals surface area contributed by atoms with Crippen LogP contribution in [0.15, 0.2) is 77.3 Å². The van der Waals surface area contributed by atoms with Crippen LogP contribution in [0.25, 0.3) is 22.6 Å². The van der Waals surface area contributed by atoms with Crippen LogP contribution >= 0.6 is 34.8 Å². The van der Waals surface area contributed by atoms with E-state index in [-0.39, 0.29) is 46.4 Å².